The van der Waals surface area contributed by atoms with E-state index in [4.69, 9.17) is 0 Å². The van der Waals surface area contributed by atoms with Gasteiger partial charge in [0.1, 0.15) is 9.84 Å². The fourth-order valence-corrected chi connectivity index (χ4v) is 3.72. The highest BCUT2D eigenvalue weighted by atomic mass is 32.2. The second kappa shape index (κ2) is 6.94. The van der Waals surface area contributed by atoms with E-state index in [0.29, 0.717) is 31.7 Å². The molecule has 0 bridgehead atoms. The van der Waals surface area contributed by atoms with Gasteiger partial charge in [0.25, 0.3) is 5.91 Å². The predicted octanol–water partition coefficient (Wildman–Crippen LogP) is 1.36. The molecule has 0 saturated carbocycles. The highest BCUT2D eigenvalue weighted by Gasteiger charge is 2.22. The van der Waals surface area contributed by atoms with E-state index in [1.165, 1.54) is 6.26 Å². The third kappa shape index (κ3) is 3.96. The van der Waals surface area contributed by atoms with Gasteiger partial charge in [0.15, 0.2) is 0 Å². The number of hydrogen-bond donors (Lipinski definition) is 1. The Kier molecular flexibility index (Phi) is 4.91. The number of benzene rings is 1. The number of hydrogen-bond acceptors (Lipinski definition) is 4. The van der Waals surface area contributed by atoms with E-state index in [-0.39, 0.29) is 11.7 Å². The van der Waals surface area contributed by atoms with Crippen molar-refractivity contribution in [3.8, 4) is 0 Å². The molecule has 2 heterocycles. The number of sulfone groups is 1. The Morgan fingerprint density at radius 2 is 2.00 bits per heavy atom. The number of para-hydroxylation sites is 1. The van der Waals surface area contributed by atoms with Crippen molar-refractivity contribution in [2.45, 2.75) is 6.42 Å². The number of carbonyl (C=O) groups excluding carboxylic acids is 1. The monoisotopic (exact) mass is 349 g/mol. The molecule has 0 radical (unpaired) electrons. The van der Waals surface area contributed by atoms with Gasteiger partial charge in [-0.1, -0.05) is 12.1 Å². The maximum absolute atomic E-state index is 12.9. The summed E-state index contributed by atoms with van der Waals surface area (Å²) in [5, 5.41) is 1.03. The zero-order valence-electron chi connectivity index (χ0n) is 13.9. The Balaban J connectivity index is 1.67. The van der Waals surface area contributed by atoms with Gasteiger partial charge in [-0.15, -0.1) is 0 Å². The first-order chi connectivity index (χ1) is 11.4. The smallest absolute Gasteiger partial charge is 0.256 e. The standard InChI is InChI=1S/C17H23N3O3S/c1-24(22,23)13-12-19-8-3-9-20(11-10-19)17(21)15-5-2-4-14-6-7-18-16(14)15/h2,4-7,18H,3,8-13H2,1H3. The molecule has 0 unspecified atom stereocenters. The molecule has 0 spiro atoms. The highest BCUT2D eigenvalue weighted by Crippen LogP contribution is 2.19. The maximum atomic E-state index is 12.9. The number of H-pyrrole nitrogens is 1. The van der Waals surface area contributed by atoms with E-state index >= 15 is 0 Å². The molecule has 1 fully saturated rings. The number of fused-ring (bicyclic) bond motifs is 1. The largest absolute Gasteiger partial charge is 0.361 e. The average molecular weight is 349 g/mol. The van der Waals surface area contributed by atoms with Crippen LogP contribution < -0.4 is 0 Å². The molecule has 6 nitrogen and oxygen atoms in total. The van der Waals surface area contributed by atoms with Crippen molar-refractivity contribution in [3.05, 3.63) is 36.0 Å². The summed E-state index contributed by atoms with van der Waals surface area (Å²) in [5.41, 5.74) is 1.57. The van der Waals surface area contributed by atoms with Crippen molar-refractivity contribution in [2.24, 2.45) is 0 Å². The minimum Gasteiger partial charge on any atom is -0.361 e. The second-order valence-electron chi connectivity index (χ2n) is 6.36. The molecule has 0 atom stereocenters. The molecule has 1 aromatic heterocycles. The Hall–Kier alpha value is -1.86. The van der Waals surface area contributed by atoms with Gasteiger partial charge >= 0.3 is 0 Å². The molecule has 2 aromatic rings. The SMILES string of the molecule is CS(=O)(=O)CCN1CCCN(C(=O)c2cccc3cc[nH]c23)CC1. The lowest BCUT2D eigenvalue weighted by Crippen LogP contribution is -2.36. The molecule has 0 aliphatic carbocycles. The first-order valence-corrected chi connectivity index (χ1v) is 10.3. The molecule has 1 amide bonds. The van der Waals surface area contributed by atoms with Gasteiger partial charge in [-0.25, -0.2) is 8.42 Å². The zero-order chi connectivity index (χ0) is 17.2. The fourth-order valence-electron chi connectivity index (χ4n) is 3.13. The molecule has 130 valence electrons. The third-order valence-electron chi connectivity index (χ3n) is 4.47. The van der Waals surface area contributed by atoms with Crippen LogP contribution in [0.3, 0.4) is 0 Å². The minimum atomic E-state index is -2.95. The van der Waals surface area contributed by atoms with Crippen LogP contribution in [0.5, 0.6) is 0 Å². The van der Waals surface area contributed by atoms with E-state index in [9.17, 15) is 13.2 Å². The first kappa shape index (κ1) is 17.0. The van der Waals surface area contributed by atoms with Crippen molar-refractivity contribution >= 4 is 26.6 Å². The van der Waals surface area contributed by atoms with Crippen molar-refractivity contribution in [3.63, 3.8) is 0 Å². The molecule has 3 rings (SSSR count). The van der Waals surface area contributed by atoms with Gasteiger partial charge in [-0.2, -0.15) is 0 Å². The van der Waals surface area contributed by atoms with Crippen molar-refractivity contribution in [2.75, 3.05) is 44.7 Å². The normalized spacial score (nSPS) is 17.1. The first-order valence-electron chi connectivity index (χ1n) is 8.19. The van der Waals surface area contributed by atoms with Crippen LogP contribution in [0.1, 0.15) is 16.8 Å². The average Bonchev–Trinajstić information content (AvgIpc) is 2.89. The summed E-state index contributed by atoms with van der Waals surface area (Å²) >= 11 is 0. The van der Waals surface area contributed by atoms with Crippen LogP contribution in [0.2, 0.25) is 0 Å². The zero-order valence-corrected chi connectivity index (χ0v) is 14.7. The summed E-state index contributed by atoms with van der Waals surface area (Å²) in [4.78, 5) is 20.0. The lowest BCUT2D eigenvalue weighted by Gasteiger charge is -2.22. The Bertz CT molecular complexity index is 828. The number of aromatic amines is 1. The topological polar surface area (TPSA) is 73.5 Å². The summed E-state index contributed by atoms with van der Waals surface area (Å²) < 4.78 is 22.6. The van der Waals surface area contributed by atoms with Crippen LogP contribution in [-0.2, 0) is 9.84 Å². The lowest BCUT2D eigenvalue weighted by atomic mass is 10.1. The van der Waals surface area contributed by atoms with Gasteiger partial charge in [-0.05, 0) is 25.1 Å². The van der Waals surface area contributed by atoms with Crippen LogP contribution in [0.25, 0.3) is 10.9 Å². The number of amides is 1. The van der Waals surface area contributed by atoms with Crippen LogP contribution in [0.4, 0.5) is 0 Å². The van der Waals surface area contributed by atoms with Gasteiger partial charge in [-0.3, -0.25) is 4.79 Å². The minimum absolute atomic E-state index is 0.0352. The van der Waals surface area contributed by atoms with E-state index < -0.39 is 9.84 Å². The van der Waals surface area contributed by atoms with E-state index in [0.717, 1.165) is 23.9 Å². The molecular formula is C17H23N3O3S. The number of nitrogens with zero attached hydrogens (tertiary/aromatic N) is 2. The summed E-state index contributed by atoms with van der Waals surface area (Å²) in [6.45, 7) is 3.39. The van der Waals surface area contributed by atoms with Crippen LogP contribution >= 0.6 is 0 Å². The fraction of sp³-hybridized carbons (Fsp3) is 0.471. The molecule has 24 heavy (non-hydrogen) atoms. The number of nitrogens with one attached hydrogen (secondary N) is 1. The molecule has 1 aromatic carbocycles. The van der Waals surface area contributed by atoms with Crippen molar-refractivity contribution in [1.82, 2.24) is 14.8 Å². The second-order valence-corrected chi connectivity index (χ2v) is 8.62. The van der Waals surface area contributed by atoms with Crippen molar-refractivity contribution < 1.29 is 13.2 Å². The Morgan fingerprint density at radius 3 is 2.79 bits per heavy atom. The number of carbonyl (C=O) groups is 1. The summed E-state index contributed by atoms with van der Waals surface area (Å²) in [7, 11) is -2.95. The molecule has 1 aliphatic heterocycles. The van der Waals surface area contributed by atoms with Gasteiger partial charge in [0, 0.05) is 44.0 Å². The molecule has 1 saturated heterocycles. The van der Waals surface area contributed by atoms with Gasteiger partial charge < -0.3 is 14.8 Å². The number of aromatic nitrogens is 1. The highest BCUT2D eigenvalue weighted by molar-refractivity contribution is 7.90. The van der Waals surface area contributed by atoms with Crippen LogP contribution in [-0.4, -0.2) is 73.8 Å². The summed E-state index contributed by atoms with van der Waals surface area (Å²) in [6, 6.07) is 7.70. The maximum Gasteiger partial charge on any atom is 0.256 e. The van der Waals surface area contributed by atoms with Crippen molar-refractivity contribution in [1.29, 1.82) is 0 Å². The van der Waals surface area contributed by atoms with Gasteiger partial charge in [0.2, 0.25) is 0 Å². The van der Waals surface area contributed by atoms with Gasteiger partial charge in [0.05, 0.1) is 16.8 Å². The third-order valence-corrected chi connectivity index (χ3v) is 5.40. The Morgan fingerprint density at radius 1 is 1.17 bits per heavy atom. The Labute approximate surface area is 142 Å². The van der Waals surface area contributed by atoms with E-state index in [1.54, 1.807) is 0 Å². The van der Waals surface area contributed by atoms with Crippen LogP contribution in [0.15, 0.2) is 30.5 Å². The molecule has 7 heteroatoms. The quantitative estimate of drug-likeness (QED) is 0.904. The number of rotatable bonds is 4. The molecule has 1 N–H and O–H groups in total. The summed E-state index contributed by atoms with van der Waals surface area (Å²) in [5.74, 6) is 0.205. The van der Waals surface area contributed by atoms with E-state index in [1.807, 2.05) is 35.4 Å². The predicted molar refractivity (Wildman–Crippen MR) is 95.0 cm³/mol. The summed E-state index contributed by atoms with van der Waals surface area (Å²) in [6.07, 6.45) is 3.96. The van der Waals surface area contributed by atoms with Crippen LogP contribution in [0, 0.1) is 0 Å². The molecule has 1 aliphatic rings. The van der Waals surface area contributed by atoms with E-state index in [2.05, 4.69) is 9.88 Å². The molecular weight excluding hydrogens is 326 g/mol. The lowest BCUT2D eigenvalue weighted by molar-refractivity contribution is 0.0763.